The number of anilines is 2. The minimum Gasteiger partial charge on any atom is -0.399 e. The number of hydrogen-bond donors (Lipinski definition) is 3. The maximum Gasteiger partial charge on any atom is 0.242 e. The van der Waals surface area contributed by atoms with Crippen molar-refractivity contribution in [1.29, 1.82) is 0 Å². The number of hydrogen-bond acceptors (Lipinski definition) is 5. The van der Waals surface area contributed by atoms with E-state index < -0.39 is 10.0 Å². The van der Waals surface area contributed by atoms with Crippen LogP contribution in [0.25, 0.3) is 0 Å². The lowest BCUT2D eigenvalue weighted by molar-refractivity contribution is 0.238. The van der Waals surface area contributed by atoms with E-state index in [1.54, 1.807) is 12.1 Å². The van der Waals surface area contributed by atoms with Gasteiger partial charge in [0.25, 0.3) is 0 Å². The molecule has 0 aliphatic carbocycles. The third-order valence-corrected chi connectivity index (χ3v) is 4.87. The van der Waals surface area contributed by atoms with Crippen molar-refractivity contribution >= 4 is 21.4 Å². The van der Waals surface area contributed by atoms with E-state index in [0.717, 1.165) is 13.0 Å². The van der Waals surface area contributed by atoms with Gasteiger partial charge in [-0.1, -0.05) is 0 Å². The number of benzene rings is 1. The summed E-state index contributed by atoms with van der Waals surface area (Å²) in [6.07, 6.45) is 0.861. The van der Waals surface area contributed by atoms with Gasteiger partial charge in [0.1, 0.15) is 4.90 Å². The van der Waals surface area contributed by atoms with Crippen molar-refractivity contribution in [3.8, 4) is 0 Å². The highest BCUT2D eigenvalue weighted by molar-refractivity contribution is 7.89. The van der Waals surface area contributed by atoms with Crippen LogP contribution in [0.4, 0.5) is 11.4 Å². The quantitative estimate of drug-likeness (QED) is 0.677. The monoisotopic (exact) mass is 285 g/mol. The van der Waals surface area contributed by atoms with Crippen LogP contribution in [0.15, 0.2) is 23.1 Å². The minimum atomic E-state index is -3.55. The number of rotatable bonds is 4. The molecule has 1 atom stereocenters. The molecule has 0 saturated carbocycles. The van der Waals surface area contributed by atoms with Crippen molar-refractivity contribution in [1.82, 2.24) is 4.72 Å². The van der Waals surface area contributed by atoms with E-state index in [-0.39, 0.29) is 17.4 Å². The highest BCUT2D eigenvalue weighted by Crippen LogP contribution is 2.31. The molecule has 1 heterocycles. The SMILES string of the molecule is CNS(=O)(=O)c1cc(N)ccc1N1CCC(CO)C1. The van der Waals surface area contributed by atoms with Gasteiger partial charge in [-0.2, -0.15) is 0 Å². The summed E-state index contributed by atoms with van der Waals surface area (Å²) < 4.78 is 26.4. The lowest BCUT2D eigenvalue weighted by atomic mass is 10.1. The molecule has 7 heteroatoms. The third kappa shape index (κ3) is 2.83. The third-order valence-electron chi connectivity index (χ3n) is 3.43. The molecule has 1 aromatic carbocycles. The average molecular weight is 285 g/mol. The summed E-state index contributed by atoms with van der Waals surface area (Å²) in [5.41, 5.74) is 6.73. The molecule has 4 N–H and O–H groups in total. The number of nitrogen functional groups attached to an aromatic ring is 1. The predicted octanol–water partition coefficient (Wildman–Crippen LogP) is -0.00450. The fourth-order valence-electron chi connectivity index (χ4n) is 2.32. The summed E-state index contributed by atoms with van der Waals surface area (Å²) in [5.74, 6) is 0.197. The molecule has 1 fully saturated rings. The predicted molar refractivity (Wildman–Crippen MR) is 74.5 cm³/mol. The van der Waals surface area contributed by atoms with E-state index in [9.17, 15) is 13.5 Å². The van der Waals surface area contributed by atoms with Gasteiger partial charge in [0, 0.05) is 31.3 Å². The highest BCUT2D eigenvalue weighted by Gasteiger charge is 2.27. The maximum atomic E-state index is 12.0. The number of aliphatic hydroxyl groups excluding tert-OH is 1. The molecule has 0 radical (unpaired) electrons. The van der Waals surface area contributed by atoms with Gasteiger partial charge >= 0.3 is 0 Å². The Bertz CT molecular complexity index is 559. The van der Waals surface area contributed by atoms with Gasteiger partial charge in [0.15, 0.2) is 0 Å². The number of nitrogens with zero attached hydrogens (tertiary/aromatic N) is 1. The Morgan fingerprint density at radius 3 is 2.84 bits per heavy atom. The number of sulfonamides is 1. The van der Waals surface area contributed by atoms with E-state index in [1.807, 2.05) is 4.90 Å². The first-order valence-corrected chi connectivity index (χ1v) is 7.65. The molecule has 19 heavy (non-hydrogen) atoms. The maximum absolute atomic E-state index is 12.0. The molecule has 1 unspecified atom stereocenters. The Morgan fingerprint density at radius 1 is 1.53 bits per heavy atom. The first kappa shape index (κ1) is 14.1. The van der Waals surface area contributed by atoms with Crippen molar-refractivity contribution in [3.05, 3.63) is 18.2 Å². The fraction of sp³-hybridized carbons (Fsp3) is 0.500. The summed E-state index contributed by atoms with van der Waals surface area (Å²) in [6, 6.07) is 4.88. The molecular weight excluding hydrogens is 266 g/mol. The smallest absolute Gasteiger partial charge is 0.242 e. The van der Waals surface area contributed by atoms with Gasteiger partial charge in [-0.15, -0.1) is 0 Å². The molecule has 6 nitrogen and oxygen atoms in total. The zero-order valence-corrected chi connectivity index (χ0v) is 11.7. The van der Waals surface area contributed by atoms with Crippen LogP contribution < -0.4 is 15.4 Å². The van der Waals surface area contributed by atoms with Gasteiger partial charge in [-0.3, -0.25) is 0 Å². The van der Waals surface area contributed by atoms with Gasteiger partial charge < -0.3 is 15.7 Å². The Labute approximate surface area is 113 Å². The normalized spacial score (nSPS) is 19.9. The van der Waals surface area contributed by atoms with E-state index in [4.69, 9.17) is 5.73 Å². The standard InChI is InChI=1S/C12H19N3O3S/c1-14-19(17,18)12-6-10(13)2-3-11(12)15-5-4-9(7-15)8-16/h2-3,6,9,14,16H,4-5,7-8,13H2,1H3. The summed E-state index contributed by atoms with van der Waals surface area (Å²) >= 11 is 0. The first-order chi connectivity index (χ1) is 8.97. The summed E-state index contributed by atoms with van der Waals surface area (Å²) in [5, 5.41) is 9.17. The number of nitrogens with one attached hydrogen (secondary N) is 1. The first-order valence-electron chi connectivity index (χ1n) is 6.17. The summed E-state index contributed by atoms with van der Waals surface area (Å²) in [4.78, 5) is 2.17. The topological polar surface area (TPSA) is 95.7 Å². The van der Waals surface area contributed by atoms with Crippen LogP contribution in [0.3, 0.4) is 0 Å². The zero-order valence-electron chi connectivity index (χ0n) is 10.8. The van der Waals surface area contributed by atoms with Crippen molar-refractivity contribution in [2.24, 2.45) is 5.92 Å². The van der Waals surface area contributed by atoms with Gasteiger partial charge in [0.05, 0.1) is 5.69 Å². The second kappa shape index (κ2) is 5.36. The van der Waals surface area contributed by atoms with E-state index >= 15 is 0 Å². The van der Waals surface area contributed by atoms with Crippen LogP contribution in [-0.4, -0.2) is 40.3 Å². The van der Waals surface area contributed by atoms with E-state index in [2.05, 4.69) is 4.72 Å². The van der Waals surface area contributed by atoms with Crippen molar-refractivity contribution < 1.29 is 13.5 Å². The largest absolute Gasteiger partial charge is 0.399 e. The lowest BCUT2D eigenvalue weighted by Crippen LogP contribution is -2.26. The summed E-state index contributed by atoms with van der Waals surface area (Å²) in [6.45, 7) is 1.52. The Balaban J connectivity index is 2.41. The second-order valence-corrected chi connectivity index (χ2v) is 6.57. The van der Waals surface area contributed by atoms with Gasteiger partial charge in [-0.25, -0.2) is 13.1 Å². The number of nitrogens with two attached hydrogens (primary N) is 1. The van der Waals surface area contributed by atoms with Crippen LogP contribution in [0, 0.1) is 5.92 Å². The van der Waals surface area contributed by atoms with Crippen molar-refractivity contribution in [2.45, 2.75) is 11.3 Å². The van der Waals surface area contributed by atoms with Crippen LogP contribution in [0.2, 0.25) is 0 Å². The van der Waals surface area contributed by atoms with Crippen molar-refractivity contribution in [2.75, 3.05) is 37.4 Å². The molecule has 1 aliphatic heterocycles. The van der Waals surface area contributed by atoms with Crippen LogP contribution in [0.5, 0.6) is 0 Å². The molecule has 0 spiro atoms. The number of aliphatic hydroxyl groups is 1. The van der Waals surface area contributed by atoms with E-state index in [0.29, 0.717) is 17.9 Å². The molecule has 1 aromatic rings. The Kier molecular flexibility index (Phi) is 3.98. The molecular formula is C12H19N3O3S. The molecule has 2 rings (SSSR count). The zero-order chi connectivity index (χ0) is 14.0. The molecule has 0 bridgehead atoms. The highest BCUT2D eigenvalue weighted by atomic mass is 32.2. The molecule has 0 aromatic heterocycles. The van der Waals surface area contributed by atoms with Crippen molar-refractivity contribution in [3.63, 3.8) is 0 Å². The van der Waals surface area contributed by atoms with E-state index in [1.165, 1.54) is 13.1 Å². The second-order valence-electron chi connectivity index (χ2n) is 4.72. The van der Waals surface area contributed by atoms with Crippen LogP contribution in [0.1, 0.15) is 6.42 Å². The van der Waals surface area contributed by atoms with Gasteiger partial charge in [-0.05, 0) is 31.7 Å². The fourth-order valence-corrected chi connectivity index (χ4v) is 3.30. The molecule has 0 amide bonds. The Hall–Kier alpha value is -1.31. The minimum absolute atomic E-state index is 0.125. The van der Waals surface area contributed by atoms with Crippen LogP contribution in [-0.2, 0) is 10.0 Å². The average Bonchev–Trinajstić information content (AvgIpc) is 2.87. The van der Waals surface area contributed by atoms with Gasteiger partial charge in [0.2, 0.25) is 10.0 Å². The summed E-state index contributed by atoms with van der Waals surface area (Å²) in [7, 11) is -2.17. The molecule has 1 aliphatic rings. The Morgan fingerprint density at radius 2 is 2.26 bits per heavy atom. The molecule has 1 saturated heterocycles. The lowest BCUT2D eigenvalue weighted by Gasteiger charge is -2.22. The molecule has 106 valence electrons. The van der Waals surface area contributed by atoms with Crippen LogP contribution >= 0.6 is 0 Å².